The summed E-state index contributed by atoms with van der Waals surface area (Å²) >= 11 is 0. The Labute approximate surface area is 72.8 Å². The molecule has 12 heavy (non-hydrogen) atoms. The molecule has 1 N–H and O–H groups in total. The molecule has 0 bridgehead atoms. The van der Waals surface area contributed by atoms with Crippen LogP contribution in [0.25, 0.3) is 0 Å². The van der Waals surface area contributed by atoms with Gasteiger partial charge in [0.1, 0.15) is 0 Å². The molecule has 1 heteroatoms. The molecular formula is C11H13N. The van der Waals surface area contributed by atoms with Gasteiger partial charge in [-0.25, -0.2) is 0 Å². The number of nitrogens with one attached hydrogen (secondary N) is 1. The van der Waals surface area contributed by atoms with Crippen LogP contribution in [-0.4, -0.2) is 6.54 Å². The summed E-state index contributed by atoms with van der Waals surface area (Å²) in [7, 11) is 0. The maximum atomic E-state index is 3.53. The minimum Gasteiger partial charge on any atom is -0.304 e. The van der Waals surface area contributed by atoms with Gasteiger partial charge in [-0.1, -0.05) is 30.3 Å². The lowest BCUT2D eigenvalue weighted by Crippen LogP contribution is -2.15. The average molecular weight is 159 g/mol. The Morgan fingerprint density at radius 3 is 2.33 bits per heavy atom. The maximum Gasteiger partial charge on any atom is 0.0590 e. The Morgan fingerprint density at radius 2 is 1.83 bits per heavy atom. The van der Waals surface area contributed by atoms with E-state index in [9.17, 15) is 0 Å². The van der Waals surface area contributed by atoms with E-state index in [2.05, 4.69) is 35.6 Å². The van der Waals surface area contributed by atoms with Crippen molar-refractivity contribution in [3.8, 4) is 0 Å². The van der Waals surface area contributed by atoms with Crippen molar-refractivity contribution in [3.05, 3.63) is 35.9 Å². The molecule has 1 aromatic rings. The first kappa shape index (κ1) is 6.67. The van der Waals surface area contributed by atoms with E-state index in [1.807, 2.05) is 0 Å². The summed E-state index contributed by atoms with van der Waals surface area (Å²) in [4.78, 5) is 0. The van der Waals surface area contributed by atoms with Gasteiger partial charge >= 0.3 is 0 Å². The van der Waals surface area contributed by atoms with Crippen LogP contribution in [0.5, 0.6) is 0 Å². The first-order chi connectivity index (χ1) is 5.92. The van der Waals surface area contributed by atoms with Gasteiger partial charge in [0.05, 0.1) is 5.54 Å². The molecule has 1 aliphatic carbocycles. The van der Waals surface area contributed by atoms with Crippen LogP contribution in [0.4, 0.5) is 0 Å². The molecule has 1 aromatic carbocycles. The van der Waals surface area contributed by atoms with Crippen LogP contribution in [0.3, 0.4) is 0 Å². The standard InChI is InChI=1S/C11H13N/c1-2-4-9(5-3-1)11(8-12-11)10-6-7-10/h1-5,10,12H,6-8H2. The molecule has 3 rings (SSSR count). The van der Waals surface area contributed by atoms with E-state index >= 15 is 0 Å². The fourth-order valence-corrected chi connectivity index (χ4v) is 2.14. The maximum absolute atomic E-state index is 3.53. The van der Waals surface area contributed by atoms with Gasteiger partial charge in [-0.05, 0) is 24.3 Å². The zero-order valence-electron chi connectivity index (χ0n) is 7.09. The molecule has 2 fully saturated rings. The van der Waals surface area contributed by atoms with Crippen LogP contribution in [-0.2, 0) is 5.54 Å². The topological polar surface area (TPSA) is 21.9 Å². The van der Waals surface area contributed by atoms with E-state index in [0.29, 0.717) is 5.54 Å². The van der Waals surface area contributed by atoms with Crippen molar-refractivity contribution < 1.29 is 0 Å². The Kier molecular flexibility index (Phi) is 1.17. The van der Waals surface area contributed by atoms with Crippen LogP contribution >= 0.6 is 0 Å². The molecule has 0 spiro atoms. The summed E-state index contributed by atoms with van der Waals surface area (Å²) in [5.74, 6) is 0.930. The first-order valence-electron chi connectivity index (χ1n) is 4.72. The van der Waals surface area contributed by atoms with Crippen molar-refractivity contribution in [2.75, 3.05) is 6.54 Å². The second kappa shape index (κ2) is 2.11. The van der Waals surface area contributed by atoms with Crippen molar-refractivity contribution in [1.29, 1.82) is 0 Å². The fourth-order valence-electron chi connectivity index (χ4n) is 2.14. The van der Waals surface area contributed by atoms with E-state index in [1.54, 1.807) is 0 Å². The molecule has 1 unspecified atom stereocenters. The molecule has 0 radical (unpaired) electrons. The van der Waals surface area contributed by atoms with Crippen molar-refractivity contribution in [3.63, 3.8) is 0 Å². The number of hydrogen-bond donors (Lipinski definition) is 1. The molecule has 0 amide bonds. The molecule has 2 aliphatic rings. The lowest BCUT2D eigenvalue weighted by Gasteiger charge is -2.11. The molecule has 1 saturated heterocycles. The molecular weight excluding hydrogens is 146 g/mol. The van der Waals surface area contributed by atoms with Crippen molar-refractivity contribution in [1.82, 2.24) is 5.32 Å². The molecule has 0 aromatic heterocycles. The van der Waals surface area contributed by atoms with E-state index in [0.717, 1.165) is 5.92 Å². The Bertz CT molecular complexity index is 283. The second-order valence-electron chi connectivity index (χ2n) is 3.97. The molecule has 1 aliphatic heterocycles. The van der Waals surface area contributed by atoms with Gasteiger partial charge in [-0.15, -0.1) is 0 Å². The van der Waals surface area contributed by atoms with Gasteiger partial charge in [-0.3, -0.25) is 0 Å². The lowest BCUT2D eigenvalue weighted by molar-refractivity contribution is 0.583. The minimum atomic E-state index is 0.404. The largest absolute Gasteiger partial charge is 0.304 e. The first-order valence-corrected chi connectivity index (χ1v) is 4.72. The zero-order valence-corrected chi connectivity index (χ0v) is 7.09. The van der Waals surface area contributed by atoms with Crippen molar-refractivity contribution in [2.24, 2.45) is 5.92 Å². The van der Waals surface area contributed by atoms with Crippen molar-refractivity contribution >= 4 is 0 Å². The predicted octanol–water partition coefficient (Wildman–Crippen LogP) is 1.90. The quantitative estimate of drug-likeness (QED) is 0.654. The van der Waals surface area contributed by atoms with E-state index in [1.165, 1.54) is 24.9 Å². The Morgan fingerprint density at radius 1 is 1.17 bits per heavy atom. The fraction of sp³-hybridized carbons (Fsp3) is 0.455. The third-order valence-corrected chi connectivity index (χ3v) is 3.12. The zero-order chi connectivity index (χ0) is 8.02. The molecule has 1 heterocycles. The highest BCUT2D eigenvalue weighted by Gasteiger charge is 2.54. The van der Waals surface area contributed by atoms with Gasteiger partial charge in [-0.2, -0.15) is 0 Å². The van der Waals surface area contributed by atoms with Gasteiger partial charge in [0.2, 0.25) is 0 Å². The molecule has 62 valence electrons. The monoisotopic (exact) mass is 159 g/mol. The third-order valence-electron chi connectivity index (χ3n) is 3.12. The Balaban J connectivity index is 1.97. The third kappa shape index (κ3) is 0.831. The molecule has 1 nitrogen and oxygen atoms in total. The van der Waals surface area contributed by atoms with Crippen LogP contribution in [0.1, 0.15) is 18.4 Å². The highest BCUT2D eigenvalue weighted by Crippen LogP contribution is 2.51. The van der Waals surface area contributed by atoms with Gasteiger partial charge in [0, 0.05) is 6.54 Å². The summed E-state index contributed by atoms with van der Waals surface area (Å²) < 4.78 is 0. The van der Waals surface area contributed by atoms with Gasteiger partial charge in [0.15, 0.2) is 0 Å². The lowest BCUT2D eigenvalue weighted by atomic mass is 9.94. The number of benzene rings is 1. The van der Waals surface area contributed by atoms with Crippen molar-refractivity contribution in [2.45, 2.75) is 18.4 Å². The van der Waals surface area contributed by atoms with Gasteiger partial charge in [0.25, 0.3) is 0 Å². The van der Waals surface area contributed by atoms with Crippen LogP contribution in [0, 0.1) is 5.92 Å². The van der Waals surface area contributed by atoms with E-state index in [-0.39, 0.29) is 0 Å². The smallest absolute Gasteiger partial charge is 0.0590 e. The summed E-state index contributed by atoms with van der Waals surface area (Å²) in [5.41, 5.74) is 1.90. The predicted molar refractivity (Wildman–Crippen MR) is 48.8 cm³/mol. The molecule has 1 atom stereocenters. The highest BCUT2D eigenvalue weighted by atomic mass is 15.2. The summed E-state index contributed by atoms with van der Waals surface area (Å²) in [6, 6.07) is 10.9. The summed E-state index contributed by atoms with van der Waals surface area (Å²) in [6.07, 6.45) is 2.84. The normalized spacial score (nSPS) is 33.3. The van der Waals surface area contributed by atoms with Crippen LogP contribution in [0.15, 0.2) is 30.3 Å². The van der Waals surface area contributed by atoms with E-state index < -0.39 is 0 Å². The van der Waals surface area contributed by atoms with Crippen LogP contribution < -0.4 is 5.32 Å². The van der Waals surface area contributed by atoms with Crippen LogP contribution in [0.2, 0.25) is 0 Å². The number of hydrogen-bond acceptors (Lipinski definition) is 1. The summed E-state index contributed by atoms with van der Waals surface area (Å²) in [5, 5.41) is 3.53. The van der Waals surface area contributed by atoms with Gasteiger partial charge < -0.3 is 5.32 Å². The Hall–Kier alpha value is -0.820. The minimum absolute atomic E-state index is 0.404. The van der Waals surface area contributed by atoms with E-state index in [4.69, 9.17) is 0 Å². The SMILES string of the molecule is c1ccc(C2(C3CC3)CN2)cc1. The number of rotatable bonds is 2. The second-order valence-corrected chi connectivity index (χ2v) is 3.97. The molecule has 1 saturated carbocycles. The summed E-state index contributed by atoms with van der Waals surface area (Å²) in [6.45, 7) is 1.20. The average Bonchev–Trinajstić information content (AvgIpc) is 2.99. The highest BCUT2D eigenvalue weighted by molar-refractivity contribution is 5.33.